The van der Waals surface area contributed by atoms with Crippen LogP contribution < -0.4 is 4.52 Å². The molecule has 150 valence electrons. The first-order chi connectivity index (χ1) is 12.7. The van der Waals surface area contributed by atoms with Gasteiger partial charge in [0.2, 0.25) is 0 Å². The van der Waals surface area contributed by atoms with Crippen LogP contribution in [0, 0.1) is 5.92 Å². The SMILES string of the molecule is CCCCCCCC(CC(CC)CCCC)OP(O)Oc1ccccc1. The summed E-state index contributed by atoms with van der Waals surface area (Å²) in [4.78, 5) is 10.3. The van der Waals surface area contributed by atoms with Crippen LogP contribution in [0.2, 0.25) is 0 Å². The minimum Gasteiger partial charge on any atom is -0.427 e. The van der Waals surface area contributed by atoms with E-state index in [1.165, 1.54) is 57.8 Å². The molecule has 1 aromatic rings. The minimum atomic E-state index is -1.87. The molecule has 3 nitrogen and oxygen atoms in total. The summed E-state index contributed by atoms with van der Waals surface area (Å²) in [5.74, 6) is 1.34. The van der Waals surface area contributed by atoms with Gasteiger partial charge in [-0.05, 0) is 30.9 Å². The molecule has 1 rings (SSSR count). The first-order valence-corrected chi connectivity index (χ1v) is 11.7. The van der Waals surface area contributed by atoms with Crippen molar-refractivity contribution in [2.75, 3.05) is 0 Å². The molecule has 0 amide bonds. The maximum atomic E-state index is 10.3. The van der Waals surface area contributed by atoms with E-state index in [0.717, 1.165) is 12.8 Å². The summed E-state index contributed by atoms with van der Waals surface area (Å²) in [6.45, 7) is 6.75. The van der Waals surface area contributed by atoms with Crippen molar-refractivity contribution >= 4 is 8.60 Å². The molecular formula is C22H39O3P. The van der Waals surface area contributed by atoms with Crippen molar-refractivity contribution in [1.29, 1.82) is 0 Å². The first kappa shape index (κ1) is 23.4. The summed E-state index contributed by atoms with van der Waals surface area (Å²) in [5, 5.41) is 0. The quantitative estimate of drug-likeness (QED) is 0.236. The van der Waals surface area contributed by atoms with Crippen molar-refractivity contribution in [3.05, 3.63) is 30.3 Å². The van der Waals surface area contributed by atoms with E-state index in [1.807, 2.05) is 30.3 Å². The van der Waals surface area contributed by atoms with Crippen LogP contribution in [-0.4, -0.2) is 11.0 Å². The van der Waals surface area contributed by atoms with Crippen LogP contribution in [-0.2, 0) is 4.52 Å². The molecule has 3 unspecified atom stereocenters. The molecule has 4 heteroatoms. The monoisotopic (exact) mass is 382 g/mol. The number of para-hydroxylation sites is 1. The second-order valence-corrected chi connectivity index (χ2v) is 8.09. The van der Waals surface area contributed by atoms with Gasteiger partial charge in [0.05, 0.1) is 6.10 Å². The molecule has 0 aliphatic rings. The number of unbranched alkanes of at least 4 members (excludes halogenated alkanes) is 5. The van der Waals surface area contributed by atoms with Gasteiger partial charge in [0.15, 0.2) is 0 Å². The lowest BCUT2D eigenvalue weighted by Crippen LogP contribution is -2.17. The first-order valence-electron chi connectivity index (χ1n) is 10.6. The minimum absolute atomic E-state index is 0.0956. The Kier molecular flexibility index (Phi) is 13.9. The number of rotatable bonds is 16. The van der Waals surface area contributed by atoms with Crippen molar-refractivity contribution in [3.8, 4) is 5.75 Å². The van der Waals surface area contributed by atoms with Gasteiger partial charge in [0.1, 0.15) is 5.75 Å². The molecule has 1 N–H and O–H groups in total. The van der Waals surface area contributed by atoms with Crippen LogP contribution in [0.15, 0.2) is 30.3 Å². The fraction of sp³-hybridized carbons (Fsp3) is 0.727. The van der Waals surface area contributed by atoms with Gasteiger partial charge in [0, 0.05) is 0 Å². The van der Waals surface area contributed by atoms with Crippen molar-refractivity contribution in [3.63, 3.8) is 0 Å². The van der Waals surface area contributed by atoms with Crippen molar-refractivity contribution in [1.82, 2.24) is 0 Å². The fourth-order valence-electron chi connectivity index (χ4n) is 3.26. The lowest BCUT2D eigenvalue weighted by atomic mass is 9.91. The standard InChI is InChI=1S/C22H39O3P/c1-4-7-9-10-12-18-22(19-20(6-3)15-8-5-2)25-26(23)24-21-16-13-11-14-17-21/h11,13-14,16-17,20,22-23H,4-10,12,15,18-19H2,1-3H3. The second kappa shape index (κ2) is 15.4. The van der Waals surface area contributed by atoms with Gasteiger partial charge in [0.25, 0.3) is 0 Å². The van der Waals surface area contributed by atoms with Crippen LogP contribution >= 0.6 is 8.60 Å². The van der Waals surface area contributed by atoms with E-state index in [9.17, 15) is 4.89 Å². The van der Waals surface area contributed by atoms with Gasteiger partial charge in [-0.15, -0.1) is 0 Å². The third kappa shape index (κ3) is 11.2. The van der Waals surface area contributed by atoms with Gasteiger partial charge in [-0.3, -0.25) is 4.52 Å². The van der Waals surface area contributed by atoms with Crippen LogP contribution in [0.1, 0.15) is 91.4 Å². The Balaban J connectivity index is 2.51. The largest absolute Gasteiger partial charge is 0.427 e. The number of hydrogen-bond donors (Lipinski definition) is 1. The Bertz CT molecular complexity index is 427. The fourth-order valence-corrected chi connectivity index (χ4v) is 4.05. The summed E-state index contributed by atoms with van der Waals surface area (Å²) in [5.41, 5.74) is 0. The summed E-state index contributed by atoms with van der Waals surface area (Å²) < 4.78 is 11.6. The highest BCUT2D eigenvalue weighted by Crippen LogP contribution is 2.39. The topological polar surface area (TPSA) is 38.7 Å². The molecule has 0 heterocycles. The van der Waals surface area contributed by atoms with E-state index < -0.39 is 8.60 Å². The molecule has 0 fully saturated rings. The molecule has 0 bridgehead atoms. The van der Waals surface area contributed by atoms with E-state index in [0.29, 0.717) is 11.7 Å². The zero-order chi connectivity index (χ0) is 19.0. The number of hydrogen-bond acceptors (Lipinski definition) is 3. The average Bonchev–Trinajstić information content (AvgIpc) is 2.65. The zero-order valence-corrected chi connectivity index (χ0v) is 17.9. The smallest absolute Gasteiger partial charge is 0.394 e. The third-order valence-corrected chi connectivity index (χ3v) is 5.78. The molecule has 0 aliphatic carbocycles. The van der Waals surface area contributed by atoms with Gasteiger partial charge in [-0.25, -0.2) is 0 Å². The Morgan fingerprint density at radius 3 is 2.23 bits per heavy atom. The molecule has 1 aromatic carbocycles. The molecule has 0 aromatic heterocycles. The van der Waals surface area contributed by atoms with Crippen molar-refractivity contribution < 1.29 is 13.9 Å². The highest BCUT2D eigenvalue weighted by molar-refractivity contribution is 7.41. The van der Waals surface area contributed by atoms with E-state index >= 15 is 0 Å². The highest BCUT2D eigenvalue weighted by atomic mass is 31.2. The molecule has 0 spiro atoms. The molecule has 0 saturated heterocycles. The molecule has 0 aliphatic heterocycles. The van der Waals surface area contributed by atoms with Crippen LogP contribution in [0.5, 0.6) is 5.75 Å². The molecule has 0 saturated carbocycles. The lowest BCUT2D eigenvalue weighted by Gasteiger charge is -2.24. The summed E-state index contributed by atoms with van der Waals surface area (Å²) in [7, 11) is -1.87. The van der Waals surface area contributed by atoms with Crippen LogP contribution in [0.3, 0.4) is 0 Å². The summed E-state index contributed by atoms with van der Waals surface area (Å²) in [6.07, 6.45) is 13.4. The Labute approximate surface area is 162 Å². The zero-order valence-electron chi connectivity index (χ0n) is 17.0. The molecule has 3 atom stereocenters. The maximum Gasteiger partial charge on any atom is 0.394 e. The summed E-state index contributed by atoms with van der Waals surface area (Å²) >= 11 is 0. The third-order valence-electron chi connectivity index (χ3n) is 4.94. The van der Waals surface area contributed by atoms with Gasteiger partial charge in [-0.2, -0.15) is 0 Å². The van der Waals surface area contributed by atoms with Crippen LogP contribution in [0.25, 0.3) is 0 Å². The van der Waals surface area contributed by atoms with Gasteiger partial charge < -0.3 is 9.42 Å². The molecular weight excluding hydrogens is 343 g/mol. The predicted molar refractivity (Wildman–Crippen MR) is 112 cm³/mol. The molecule has 26 heavy (non-hydrogen) atoms. The predicted octanol–water partition coefficient (Wildman–Crippen LogP) is 7.64. The highest BCUT2D eigenvalue weighted by Gasteiger charge is 2.21. The average molecular weight is 383 g/mol. The Hall–Kier alpha value is -0.630. The van der Waals surface area contributed by atoms with E-state index in [2.05, 4.69) is 20.8 Å². The van der Waals surface area contributed by atoms with Crippen molar-refractivity contribution in [2.24, 2.45) is 5.92 Å². The second-order valence-electron chi connectivity index (χ2n) is 7.22. The van der Waals surface area contributed by atoms with Gasteiger partial charge >= 0.3 is 8.60 Å². The van der Waals surface area contributed by atoms with E-state index in [1.54, 1.807) is 0 Å². The molecule has 0 radical (unpaired) electrons. The summed E-state index contributed by atoms with van der Waals surface area (Å²) in [6, 6.07) is 9.45. The maximum absolute atomic E-state index is 10.3. The van der Waals surface area contributed by atoms with Gasteiger partial charge in [-0.1, -0.05) is 96.8 Å². The van der Waals surface area contributed by atoms with E-state index in [4.69, 9.17) is 9.05 Å². The van der Waals surface area contributed by atoms with E-state index in [-0.39, 0.29) is 6.10 Å². The van der Waals surface area contributed by atoms with Crippen molar-refractivity contribution in [2.45, 2.75) is 97.5 Å². The Morgan fingerprint density at radius 1 is 0.885 bits per heavy atom. The number of benzene rings is 1. The normalized spacial score (nSPS) is 14.8. The van der Waals surface area contributed by atoms with Crippen LogP contribution in [0.4, 0.5) is 0 Å². The Morgan fingerprint density at radius 2 is 1.58 bits per heavy atom. The lowest BCUT2D eigenvalue weighted by molar-refractivity contribution is 0.131.